The minimum absolute atomic E-state index is 0.242. The summed E-state index contributed by atoms with van der Waals surface area (Å²) in [6.07, 6.45) is 0.412. The number of benzene rings is 2. The van der Waals surface area contributed by atoms with E-state index in [9.17, 15) is 14.7 Å². The second-order valence-electron chi connectivity index (χ2n) is 8.06. The van der Waals surface area contributed by atoms with E-state index in [2.05, 4.69) is 5.10 Å². The van der Waals surface area contributed by atoms with Crippen LogP contribution in [0.2, 0.25) is 0 Å². The Balaban J connectivity index is 0.000000968. The number of carbonyl (C=O) groups excluding carboxylic acids is 1. The van der Waals surface area contributed by atoms with Crippen LogP contribution in [-0.2, 0) is 10.4 Å². The Bertz CT molecular complexity index is 1130. The molecule has 1 saturated heterocycles. The molecule has 0 spiro atoms. The summed E-state index contributed by atoms with van der Waals surface area (Å²) in [6, 6.07) is 19.8. The summed E-state index contributed by atoms with van der Waals surface area (Å²) in [5, 5.41) is 21.3. The third kappa shape index (κ3) is 5.05. The van der Waals surface area contributed by atoms with Gasteiger partial charge in [-0.15, -0.1) is 0 Å². The molecule has 0 unspecified atom stereocenters. The molecular formula is C24H28N4O5. The van der Waals surface area contributed by atoms with Crippen LogP contribution in [0.15, 0.2) is 71.5 Å². The number of hydrogen-bond donors (Lipinski definition) is 3. The van der Waals surface area contributed by atoms with Crippen LogP contribution in [0.5, 0.6) is 0 Å². The van der Waals surface area contributed by atoms with Gasteiger partial charge in [0.2, 0.25) is 0 Å². The zero-order chi connectivity index (χ0) is 24.0. The Hall–Kier alpha value is -3.69. The number of rotatable bonds is 4. The van der Waals surface area contributed by atoms with Gasteiger partial charge in [0, 0.05) is 19.2 Å². The van der Waals surface area contributed by atoms with Crippen molar-refractivity contribution in [2.45, 2.75) is 18.1 Å². The molecule has 0 bridgehead atoms. The zero-order valence-corrected chi connectivity index (χ0v) is 18.6. The molecule has 3 aromatic rings. The Kier molecular flexibility index (Phi) is 7.47. The number of nitrogens with zero attached hydrogens (tertiary/aromatic N) is 3. The van der Waals surface area contributed by atoms with Crippen molar-refractivity contribution < 1.29 is 19.8 Å². The molecule has 4 rings (SSSR count). The average molecular weight is 453 g/mol. The lowest BCUT2D eigenvalue weighted by molar-refractivity contribution is -0.122. The first-order valence-corrected chi connectivity index (χ1v) is 10.5. The second-order valence-corrected chi connectivity index (χ2v) is 8.06. The largest absolute Gasteiger partial charge is 0.483 e. The molecule has 1 amide bonds. The normalized spacial score (nSPS) is 20.1. The lowest BCUT2D eigenvalue weighted by atomic mass is 9.79. The standard InChI is InChI=1S/C23H26N4O3.CH2O2/c1-25(2)20-16-26(14-13-23(20,30)17-9-5-3-6-10-17)22(29)19-15-21(28)27(24-19)18-11-7-4-8-12-18;2-1-3/h3-12,15,20,24,30H,13-14,16H2,1-2H3;1H,(H,2,3)/t20-,23+;/m1./s1. The van der Waals surface area contributed by atoms with E-state index in [4.69, 9.17) is 9.90 Å². The van der Waals surface area contributed by atoms with E-state index in [1.165, 1.54) is 10.7 Å². The second kappa shape index (κ2) is 10.3. The Morgan fingerprint density at radius 1 is 1.12 bits per heavy atom. The van der Waals surface area contributed by atoms with Crippen LogP contribution in [0.1, 0.15) is 22.5 Å². The van der Waals surface area contributed by atoms with Crippen LogP contribution in [0.25, 0.3) is 5.69 Å². The molecule has 1 aliphatic heterocycles. The van der Waals surface area contributed by atoms with Crippen molar-refractivity contribution in [2.75, 3.05) is 27.2 Å². The average Bonchev–Trinajstić information content (AvgIpc) is 3.22. The number of likely N-dealkylation sites (tertiary alicyclic amines) is 1. The molecule has 2 atom stereocenters. The van der Waals surface area contributed by atoms with Gasteiger partial charge in [0.05, 0.1) is 11.7 Å². The maximum absolute atomic E-state index is 13.2. The minimum Gasteiger partial charge on any atom is -0.483 e. The number of nitrogens with one attached hydrogen (secondary N) is 1. The van der Waals surface area contributed by atoms with Crippen molar-refractivity contribution in [3.05, 3.63) is 88.3 Å². The molecule has 2 heterocycles. The third-order valence-corrected chi connectivity index (χ3v) is 5.86. The predicted molar refractivity (Wildman–Crippen MR) is 123 cm³/mol. The molecule has 174 valence electrons. The number of H-pyrrole nitrogens is 1. The van der Waals surface area contributed by atoms with Crippen LogP contribution in [-0.4, -0.2) is 75.4 Å². The molecule has 1 aliphatic rings. The third-order valence-electron chi connectivity index (χ3n) is 5.86. The molecule has 33 heavy (non-hydrogen) atoms. The number of piperidine rings is 1. The number of carboxylic acid groups (broad SMARTS) is 1. The van der Waals surface area contributed by atoms with Crippen LogP contribution >= 0.6 is 0 Å². The summed E-state index contributed by atoms with van der Waals surface area (Å²) in [4.78, 5) is 37.6. The summed E-state index contributed by atoms with van der Waals surface area (Å²) < 4.78 is 1.36. The minimum atomic E-state index is -1.05. The number of carbonyl (C=O) groups is 2. The maximum Gasteiger partial charge on any atom is 0.290 e. The fraction of sp³-hybridized carbons (Fsp3) is 0.292. The van der Waals surface area contributed by atoms with Gasteiger partial charge in [0.15, 0.2) is 0 Å². The van der Waals surface area contributed by atoms with Gasteiger partial charge in [-0.05, 0) is 38.2 Å². The van der Waals surface area contributed by atoms with E-state index in [1.807, 2.05) is 67.5 Å². The van der Waals surface area contributed by atoms with E-state index < -0.39 is 5.60 Å². The predicted octanol–water partition coefficient (Wildman–Crippen LogP) is 1.53. The van der Waals surface area contributed by atoms with Crippen LogP contribution < -0.4 is 5.56 Å². The highest BCUT2D eigenvalue weighted by Gasteiger charge is 2.45. The van der Waals surface area contributed by atoms with Crippen molar-refractivity contribution in [3.63, 3.8) is 0 Å². The lowest BCUT2D eigenvalue weighted by Crippen LogP contribution is -2.60. The van der Waals surface area contributed by atoms with E-state index >= 15 is 0 Å². The Morgan fingerprint density at radius 3 is 2.27 bits per heavy atom. The first-order chi connectivity index (χ1) is 15.8. The molecule has 2 aromatic carbocycles. The molecule has 1 fully saturated rings. The molecule has 3 N–H and O–H groups in total. The number of aromatic amines is 1. The van der Waals surface area contributed by atoms with E-state index in [-0.39, 0.29) is 29.7 Å². The van der Waals surface area contributed by atoms with Gasteiger partial charge in [0.25, 0.3) is 17.9 Å². The number of hydrogen-bond acceptors (Lipinski definition) is 5. The highest BCUT2D eigenvalue weighted by Crippen LogP contribution is 2.35. The van der Waals surface area contributed by atoms with Gasteiger partial charge in [-0.2, -0.15) is 0 Å². The monoisotopic (exact) mass is 452 g/mol. The molecule has 9 heteroatoms. The van der Waals surface area contributed by atoms with E-state index in [1.54, 1.807) is 17.0 Å². The summed E-state index contributed by atoms with van der Waals surface area (Å²) in [5.41, 5.74) is 0.424. The van der Waals surface area contributed by atoms with Gasteiger partial charge in [0.1, 0.15) is 11.3 Å². The smallest absolute Gasteiger partial charge is 0.290 e. The van der Waals surface area contributed by atoms with Crippen LogP contribution in [0.3, 0.4) is 0 Å². The van der Waals surface area contributed by atoms with E-state index in [0.29, 0.717) is 25.2 Å². The first kappa shape index (κ1) is 24.0. The number of aliphatic hydroxyl groups is 1. The number of likely N-dealkylation sites (N-methyl/N-ethyl adjacent to an activating group) is 1. The van der Waals surface area contributed by atoms with Crippen molar-refractivity contribution in [1.29, 1.82) is 0 Å². The summed E-state index contributed by atoms with van der Waals surface area (Å²) in [7, 11) is 3.81. The van der Waals surface area contributed by atoms with Crippen LogP contribution in [0.4, 0.5) is 0 Å². The molecule has 0 saturated carbocycles. The molecule has 0 aliphatic carbocycles. The SMILES string of the molecule is CN(C)[C@@H]1CN(C(=O)c2cc(=O)n(-c3ccccc3)[nH]2)CC[C@]1(O)c1ccccc1.O=CO. The van der Waals surface area contributed by atoms with Gasteiger partial charge in [-0.25, -0.2) is 4.68 Å². The fourth-order valence-corrected chi connectivity index (χ4v) is 4.21. The van der Waals surface area contributed by atoms with Crippen LogP contribution in [0, 0.1) is 0 Å². The van der Waals surface area contributed by atoms with Gasteiger partial charge >= 0.3 is 0 Å². The first-order valence-electron chi connectivity index (χ1n) is 10.5. The van der Waals surface area contributed by atoms with Crippen molar-refractivity contribution in [3.8, 4) is 5.69 Å². The van der Waals surface area contributed by atoms with E-state index in [0.717, 1.165) is 5.56 Å². The number of amides is 1. The Labute approximate surface area is 191 Å². The number of aromatic nitrogens is 2. The summed E-state index contributed by atoms with van der Waals surface area (Å²) in [6.45, 7) is 0.503. The lowest BCUT2D eigenvalue weighted by Gasteiger charge is -2.47. The van der Waals surface area contributed by atoms with Crippen molar-refractivity contribution >= 4 is 12.4 Å². The molecule has 1 aromatic heterocycles. The summed E-state index contributed by atoms with van der Waals surface area (Å²) in [5.74, 6) is -0.247. The highest BCUT2D eigenvalue weighted by atomic mass is 16.3. The van der Waals surface area contributed by atoms with Gasteiger partial charge in [-0.1, -0.05) is 48.5 Å². The topological polar surface area (TPSA) is 119 Å². The molecule has 0 radical (unpaired) electrons. The highest BCUT2D eigenvalue weighted by molar-refractivity contribution is 5.92. The number of para-hydroxylation sites is 1. The molecular weight excluding hydrogens is 424 g/mol. The van der Waals surface area contributed by atoms with Crippen molar-refractivity contribution in [1.82, 2.24) is 19.6 Å². The zero-order valence-electron chi connectivity index (χ0n) is 18.6. The quantitative estimate of drug-likeness (QED) is 0.517. The maximum atomic E-state index is 13.2. The molecule has 9 nitrogen and oxygen atoms in total. The van der Waals surface area contributed by atoms with Gasteiger partial charge < -0.3 is 20.0 Å². The summed E-state index contributed by atoms with van der Waals surface area (Å²) >= 11 is 0. The van der Waals surface area contributed by atoms with Gasteiger partial charge in [-0.3, -0.25) is 19.5 Å². The van der Waals surface area contributed by atoms with Crippen molar-refractivity contribution in [2.24, 2.45) is 0 Å². The fourth-order valence-electron chi connectivity index (χ4n) is 4.21. The Morgan fingerprint density at radius 2 is 1.70 bits per heavy atom.